The van der Waals surface area contributed by atoms with E-state index in [1.807, 2.05) is 43.3 Å². The largest absolute Gasteiger partial charge is 0.463 e. The minimum absolute atomic E-state index is 0.0748. The normalized spacial score (nSPS) is 17.3. The van der Waals surface area contributed by atoms with Gasteiger partial charge in [0.2, 0.25) is 0 Å². The van der Waals surface area contributed by atoms with E-state index in [-0.39, 0.29) is 11.4 Å². The Morgan fingerprint density at radius 2 is 2.07 bits per heavy atom. The Labute approximate surface area is 177 Å². The molecule has 2 aromatic heterocycles. The van der Waals surface area contributed by atoms with Crippen LogP contribution in [0.15, 0.2) is 47.1 Å². The predicted molar refractivity (Wildman–Crippen MR) is 120 cm³/mol. The van der Waals surface area contributed by atoms with Crippen molar-refractivity contribution in [3.05, 3.63) is 53.8 Å². The zero-order valence-corrected chi connectivity index (χ0v) is 18.2. The van der Waals surface area contributed by atoms with Crippen molar-refractivity contribution in [2.75, 3.05) is 39.8 Å². The van der Waals surface area contributed by atoms with Gasteiger partial charge in [-0.15, -0.1) is 0 Å². The third kappa shape index (κ3) is 4.25. The third-order valence-corrected chi connectivity index (χ3v) is 6.09. The van der Waals surface area contributed by atoms with Crippen molar-refractivity contribution >= 4 is 16.8 Å². The minimum Gasteiger partial charge on any atom is -0.463 e. The number of aromatic nitrogens is 1. The molecule has 0 radical (unpaired) electrons. The molecule has 3 aromatic rings. The molecule has 0 saturated carbocycles. The van der Waals surface area contributed by atoms with Gasteiger partial charge in [-0.2, -0.15) is 0 Å². The first-order valence-corrected chi connectivity index (χ1v) is 10.5. The monoisotopic (exact) mass is 406 g/mol. The number of hydrogen-bond acceptors (Lipinski definition) is 5. The smallest absolute Gasteiger partial charge is 0.252 e. The van der Waals surface area contributed by atoms with Crippen LogP contribution in [-0.4, -0.2) is 66.0 Å². The summed E-state index contributed by atoms with van der Waals surface area (Å²) < 4.78 is 5.51. The van der Waals surface area contributed by atoms with E-state index < -0.39 is 0 Å². The van der Waals surface area contributed by atoms with Crippen molar-refractivity contribution in [3.63, 3.8) is 0 Å². The minimum atomic E-state index is -0.0748. The molecular formula is C24H30N4O2. The summed E-state index contributed by atoms with van der Waals surface area (Å²) in [6.07, 6.45) is 1.62. The van der Waals surface area contributed by atoms with Crippen molar-refractivity contribution in [2.24, 2.45) is 0 Å². The van der Waals surface area contributed by atoms with Crippen molar-refractivity contribution in [1.29, 1.82) is 0 Å². The number of rotatable bonds is 5. The van der Waals surface area contributed by atoms with Crippen molar-refractivity contribution in [1.82, 2.24) is 20.1 Å². The molecule has 1 amide bonds. The van der Waals surface area contributed by atoms with Crippen LogP contribution >= 0.6 is 0 Å². The number of hydrogen-bond donors (Lipinski definition) is 1. The molecule has 1 aliphatic heterocycles. The molecule has 0 bridgehead atoms. The Hall–Kier alpha value is -2.70. The van der Waals surface area contributed by atoms with Gasteiger partial charge in [0, 0.05) is 43.6 Å². The van der Waals surface area contributed by atoms with Gasteiger partial charge in [0.25, 0.3) is 5.91 Å². The highest BCUT2D eigenvalue weighted by atomic mass is 16.3. The van der Waals surface area contributed by atoms with Crippen LogP contribution in [0.4, 0.5) is 0 Å². The third-order valence-electron chi connectivity index (χ3n) is 6.09. The summed E-state index contributed by atoms with van der Waals surface area (Å²) in [5.74, 6) is 0.584. The average molecular weight is 407 g/mol. The van der Waals surface area contributed by atoms with Crippen molar-refractivity contribution < 1.29 is 9.21 Å². The molecule has 4 rings (SSSR count). The fourth-order valence-electron chi connectivity index (χ4n) is 4.03. The molecule has 6 nitrogen and oxygen atoms in total. The number of amides is 1. The predicted octanol–water partition coefficient (Wildman–Crippen LogP) is 3.56. The van der Waals surface area contributed by atoms with Gasteiger partial charge in [-0.05, 0) is 58.2 Å². The lowest BCUT2D eigenvalue weighted by Crippen LogP contribution is -2.58. The van der Waals surface area contributed by atoms with Crippen LogP contribution in [0.1, 0.15) is 29.8 Å². The van der Waals surface area contributed by atoms with E-state index >= 15 is 0 Å². The Bertz CT molecular complexity index is 1040. The number of nitrogens with one attached hydrogen (secondary N) is 1. The van der Waals surface area contributed by atoms with E-state index in [1.54, 1.807) is 6.26 Å². The SMILES string of the molecule is Cc1ccc2nc(-c3ccco3)cc(C(=O)NCCN3CCN(C)C(C)(C)C3)c2c1. The van der Waals surface area contributed by atoms with Gasteiger partial charge in [0.05, 0.1) is 17.3 Å². The molecule has 1 saturated heterocycles. The fourth-order valence-corrected chi connectivity index (χ4v) is 4.03. The number of furan rings is 1. The van der Waals surface area contributed by atoms with E-state index in [0.29, 0.717) is 23.6 Å². The van der Waals surface area contributed by atoms with Crippen LogP contribution in [-0.2, 0) is 0 Å². The van der Waals surface area contributed by atoms with Crippen LogP contribution in [0.5, 0.6) is 0 Å². The molecule has 158 valence electrons. The van der Waals surface area contributed by atoms with Gasteiger partial charge in [0.15, 0.2) is 5.76 Å². The maximum absolute atomic E-state index is 13.1. The quantitative estimate of drug-likeness (QED) is 0.702. The maximum Gasteiger partial charge on any atom is 0.252 e. The molecule has 30 heavy (non-hydrogen) atoms. The number of likely N-dealkylation sites (N-methyl/N-ethyl adjacent to an activating group) is 1. The second-order valence-electron chi connectivity index (χ2n) is 8.82. The summed E-state index contributed by atoms with van der Waals surface area (Å²) in [6.45, 7) is 11.1. The van der Waals surface area contributed by atoms with E-state index in [1.165, 1.54) is 0 Å². The first-order chi connectivity index (χ1) is 14.3. The molecule has 1 aliphatic rings. The summed E-state index contributed by atoms with van der Waals surface area (Å²) in [4.78, 5) is 22.6. The fraction of sp³-hybridized carbons (Fsp3) is 0.417. The zero-order chi connectivity index (χ0) is 21.3. The zero-order valence-electron chi connectivity index (χ0n) is 18.2. The maximum atomic E-state index is 13.1. The number of carbonyl (C=O) groups is 1. The van der Waals surface area contributed by atoms with E-state index in [2.05, 4.69) is 36.0 Å². The molecule has 0 aliphatic carbocycles. The van der Waals surface area contributed by atoms with E-state index in [4.69, 9.17) is 9.40 Å². The second kappa shape index (κ2) is 8.20. The van der Waals surface area contributed by atoms with Gasteiger partial charge >= 0.3 is 0 Å². The standard InChI is InChI=1S/C24H30N4O2/c1-17-7-8-20-18(14-17)19(15-21(26-20)22-6-5-13-30-22)23(29)25-9-10-28-12-11-27(4)24(2,3)16-28/h5-8,13-15H,9-12,16H2,1-4H3,(H,25,29). The van der Waals surface area contributed by atoms with Crippen LogP contribution in [0.3, 0.4) is 0 Å². The molecule has 0 atom stereocenters. The van der Waals surface area contributed by atoms with Gasteiger partial charge in [-0.1, -0.05) is 11.6 Å². The van der Waals surface area contributed by atoms with Gasteiger partial charge in [0.1, 0.15) is 5.69 Å². The number of carbonyl (C=O) groups excluding carboxylic acids is 1. The molecule has 1 aromatic carbocycles. The molecular weight excluding hydrogens is 376 g/mol. The number of pyridine rings is 1. The molecule has 6 heteroatoms. The van der Waals surface area contributed by atoms with Gasteiger partial charge < -0.3 is 9.73 Å². The highest BCUT2D eigenvalue weighted by Crippen LogP contribution is 2.26. The summed E-state index contributed by atoms with van der Waals surface area (Å²) in [5, 5.41) is 3.98. The van der Waals surface area contributed by atoms with Crippen LogP contribution in [0, 0.1) is 6.92 Å². The second-order valence-corrected chi connectivity index (χ2v) is 8.82. The lowest BCUT2D eigenvalue weighted by atomic mass is 10.00. The first kappa shape index (κ1) is 20.6. The average Bonchev–Trinajstić information content (AvgIpc) is 3.24. The number of benzene rings is 1. The Kier molecular flexibility index (Phi) is 5.62. The molecule has 1 N–H and O–H groups in total. The summed E-state index contributed by atoms with van der Waals surface area (Å²) in [7, 11) is 2.17. The van der Waals surface area contributed by atoms with Gasteiger partial charge in [-0.25, -0.2) is 4.98 Å². The number of piperazine rings is 1. The first-order valence-electron chi connectivity index (χ1n) is 10.5. The number of nitrogens with zero attached hydrogens (tertiary/aromatic N) is 3. The van der Waals surface area contributed by atoms with Crippen molar-refractivity contribution in [3.8, 4) is 11.5 Å². The molecule has 0 unspecified atom stereocenters. The highest BCUT2D eigenvalue weighted by molar-refractivity contribution is 6.07. The van der Waals surface area contributed by atoms with Crippen molar-refractivity contribution in [2.45, 2.75) is 26.3 Å². The Morgan fingerprint density at radius 1 is 1.23 bits per heavy atom. The van der Waals surface area contributed by atoms with Crippen LogP contribution < -0.4 is 5.32 Å². The Balaban J connectivity index is 1.52. The van der Waals surface area contributed by atoms with Crippen LogP contribution in [0.2, 0.25) is 0 Å². The number of aryl methyl sites for hydroxylation is 1. The summed E-state index contributed by atoms with van der Waals surface area (Å²) in [6, 6.07) is 11.5. The number of fused-ring (bicyclic) bond motifs is 1. The van der Waals surface area contributed by atoms with E-state index in [0.717, 1.165) is 42.6 Å². The Morgan fingerprint density at radius 3 is 2.80 bits per heavy atom. The van der Waals surface area contributed by atoms with Crippen LogP contribution in [0.25, 0.3) is 22.4 Å². The topological polar surface area (TPSA) is 61.6 Å². The molecule has 0 spiro atoms. The summed E-state index contributed by atoms with van der Waals surface area (Å²) >= 11 is 0. The molecule has 1 fully saturated rings. The summed E-state index contributed by atoms with van der Waals surface area (Å²) in [5.41, 5.74) is 3.35. The lowest BCUT2D eigenvalue weighted by molar-refractivity contribution is 0.0406. The molecule has 3 heterocycles. The highest BCUT2D eigenvalue weighted by Gasteiger charge is 2.30. The van der Waals surface area contributed by atoms with E-state index in [9.17, 15) is 4.79 Å². The lowest BCUT2D eigenvalue weighted by Gasteiger charge is -2.45. The van der Waals surface area contributed by atoms with Gasteiger partial charge in [-0.3, -0.25) is 14.6 Å².